The molecule has 0 radical (unpaired) electrons. The maximum Gasteiger partial charge on any atom is 0.0565 e. The number of rotatable bonds is 2. The molecule has 1 aliphatic heterocycles. The number of hydrogen-bond acceptors (Lipinski definition) is 0. The lowest BCUT2D eigenvalue weighted by atomic mass is 9.98. The van der Waals surface area contributed by atoms with Gasteiger partial charge in [-0.05, 0) is 29.2 Å². The van der Waals surface area contributed by atoms with E-state index in [1.807, 2.05) is 0 Å². The molecule has 0 amide bonds. The van der Waals surface area contributed by atoms with Gasteiger partial charge in [-0.1, -0.05) is 84.9 Å². The van der Waals surface area contributed by atoms with E-state index in [2.05, 4.69) is 95.6 Å². The molecule has 0 N–H and O–H groups in total. The molecule has 0 spiro atoms. The summed E-state index contributed by atoms with van der Waals surface area (Å²) >= 11 is 0. The maximum absolute atomic E-state index is 2.50. The van der Waals surface area contributed by atoms with E-state index >= 15 is 0 Å². The molecule has 1 nitrogen and oxygen atoms in total. The Morgan fingerprint density at radius 3 is 2.00 bits per heavy atom. The minimum atomic E-state index is 1.03. The second-order valence-corrected chi connectivity index (χ2v) is 6.58. The van der Waals surface area contributed by atoms with Crippen molar-refractivity contribution < 1.29 is 0 Å². The summed E-state index contributed by atoms with van der Waals surface area (Å²) in [7, 11) is 0. The van der Waals surface area contributed by atoms with E-state index in [9.17, 15) is 0 Å². The Labute approximate surface area is 148 Å². The van der Waals surface area contributed by atoms with Crippen molar-refractivity contribution in [1.82, 2.24) is 4.57 Å². The molecule has 1 aliphatic rings. The standard InChI is InChI=1S/C24H19N/c1-3-9-18(10-4-1)22-17-23-21-14-8-7-11-19(21)15-16-25(23)24(22)20-12-5-2-6-13-20/h1-14,17H,15-16H2. The first-order valence-electron chi connectivity index (χ1n) is 8.84. The Bertz CT molecular complexity index is 1030. The molecule has 0 saturated heterocycles. The van der Waals surface area contributed by atoms with Gasteiger partial charge >= 0.3 is 0 Å². The summed E-state index contributed by atoms with van der Waals surface area (Å²) in [6, 6.07) is 32.7. The van der Waals surface area contributed by atoms with E-state index in [1.54, 1.807) is 0 Å². The maximum atomic E-state index is 2.50. The Morgan fingerprint density at radius 2 is 1.24 bits per heavy atom. The van der Waals surface area contributed by atoms with Crippen LogP contribution in [0.3, 0.4) is 0 Å². The second kappa shape index (κ2) is 5.78. The number of hydrogen-bond donors (Lipinski definition) is 0. The van der Waals surface area contributed by atoms with Crippen molar-refractivity contribution in [1.29, 1.82) is 0 Å². The van der Waals surface area contributed by atoms with Gasteiger partial charge in [-0.2, -0.15) is 0 Å². The van der Waals surface area contributed by atoms with Crippen LogP contribution in [0, 0.1) is 0 Å². The fourth-order valence-corrected chi connectivity index (χ4v) is 3.97. The van der Waals surface area contributed by atoms with Gasteiger partial charge in [0.25, 0.3) is 0 Å². The molecule has 0 fully saturated rings. The van der Waals surface area contributed by atoms with Crippen molar-refractivity contribution in [2.75, 3.05) is 0 Å². The summed E-state index contributed by atoms with van der Waals surface area (Å²) in [6.07, 6.45) is 1.09. The summed E-state index contributed by atoms with van der Waals surface area (Å²) in [5.74, 6) is 0. The molecular weight excluding hydrogens is 302 g/mol. The van der Waals surface area contributed by atoms with Crippen molar-refractivity contribution in [3.63, 3.8) is 0 Å². The predicted octanol–water partition coefficient (Wildman–Crippen LogP) is 6.05. The minimum absolute atomic E-state index is 1.03. The molecule has 25 heavy (non-hydrogen) atoms. The molecule has 120 valence electrons. The average molecular weight is 321 g/mol. The third-order valence-corrected chi connectivity index (χ3v) is 5.13. The average Bonchev–Trinajstić information content (AvgIpc) is 3.09. The fourth-order valence-electron chi connectivity index (χ4n) is 3.97. The lowest BCUT2D eigenvalue weighted by molar-refractivity contribution is 0.695. The number of benzene rings is 3. The molecule has 3 aromatic carbocycles. The fraction of sp³-hybridized carbons (Fsp3) is 0.0833. The number of nitrogens with zero attached hydrogens (tertiary/aromatic N) is 1. The van der Waals surface area contributed by atoms with Gasteiger partial charge in [0.1, 0.15) is 0 Å². The highest BCUT2D eigenvalue weighted by molar-refractivity contribution is 5.87. The molecule has 4 aromatic rings. The highest BCUT2D eigenvalue weighted by atomic mass is 15.0. The summed E-state index contributed by atoms with van der Waals surface area (Å²) in [6.45, 7) is 1.03. The first-order chi connectivity index (χ1) is 12.4. The van der Waals surface area contributed by atoms with Gasteiger partial charge in [-0.15, -0.1) is 0 Å². The molecule has 2 heterocycles. The molecule has 1 heteroatoms. The smallest absolute Gasteiger partial charge is 0.0565 e. The van der Waals surface area contributed by atoms with Gasteiger partial charge in [0.2, 0.25) is 0 Å². The largest absolute Gasteiger partial charge is 0.340 e. The first-order valence-corrected chi connectivity index (χ1v) is 8.84. The van der Waals surface area contributed by atoms with Crippen LogP contribution in [0.2, 0.25) is 0 Å². The third kappa shape index (κ3) is 2.32. The monoisotopic (exact) mass is 321 g/mol. The van der Waals surface area contributed by atoms with Crippen molar-refractivity contribution in [3.05, 3.63) is 96.6 Å². The summed E-state index contributed by atoms with van der Waals surface area (Å²) in [5, 5.41) is 0. The van der Waals surface area contributed by atoms with Crippen LogP contribution >= 0.6 is 0 Å². The lowest BCUT2D eigenvalue weighted by Crippen LogP contribution is -2.11. The summed E-state index contributed by atoms with van der Waals surface area (Å²) in [5.41, 5.74) is 9.36. The van der Waals surface area contributed by atoms with Gasteiger partial charge in [0.15, 0.2) is 0 Å². The zero-order valence-corrected chi connectivity index (χ0v) is 14.0. The van der Waals surface area contributed by atoms with Crippen molar-refractivity contribution in [2.24, 2.45) is 0 Å². The van der Waals surface area contributed by atoms with Crippen LogP contribution in [-0.4, -0.2) is 4.57 Å². The van der Waals surface area contributed by atoms with Crippen molar-refractivity contribution in [3.8, 4) is 33.6 Å². The highest BCUT2D eigenvalue weighted by Gasteiger charge is 2.23. The van der Waals surface area contributed by atoms with Crippen LogP contribution in [0.5, 0.6) is 0 Å². The van der Waals surface area contributed by atoms with E-state index < -0.39 is 0 Å². The Morgan fingerprint density at radius 1 is 0.600 bits per heavy atom. The number of aryl methyl sites for hydroxylation is 1. The van der Waals surface area contributed by atoms with Crippen LogP contribution < -0.4 is 0 Å². The summed E-state index contributed by atoms with van der Waals surface area (Å²) < 4.78 is 2.50. The predicted molar refractivity (Wildman–Crippen MR) is 104 cm³/mol. The van der Waals surface area contributed by atoms with Crippen LogP contribution in [0.1, 0.15) is 5.56 Å². The Hall–Kier alpha value is -3.06. The topological polar surface area (TPSA) is 4.93 Å². The van der Waals surface area contributed by atoms with E-state index in [1.165, 1.54) is 39.2 Å². The van der Waals surface area contributed by atoms with Gasteiger partial charge < -0.3 is 4.57 Å². The molecule has 0 unspecified atom stereocenters. The summed E-state index contributed by atoms with van der Waals surface area (Å²) in [4.78, 5) is 0. The van der Waals surface area contributed by atoms with Gasteiger partial charge in [0.05, 0.1) is 5.69 Å². The van der Waals surface area contributed by atoms with E-state index in [0.29, 0.717) is 0 Å². The van der Waals surface area contributed by atoms with Gasteiger partial charge in [-0.3, -0.25) is 0 Å². The quantitative estimate of drug-likeness (QED) is 0.424. The van der Waals surface area contributed by atoms with Crippen LogP contribution in [0.25, 0.3) is 33.6 Å². The third-order valence-electron chi connectivity index (χ3n) is 5.13. The zero-order chi connectivity index (χ0) is 16.6. The van der Waals surface area contributed by atoms with Crippen LogP contribution in [0.4, 0.5) is 0 Å². The lowest BCUT2D eigenvalue weighted by Gasteiger charge is -2.21. The number of fused-ring (bicyclic) bond motifs is 3. The van der Waals surface area contributed by atoms with Gasteiger partial charge in [0, 0.05) is 23.4 Å². The molecule has 1 aromatic heterocycles. The van der Waals surface area contributed by atoms with Gasteiger partial charge in [-0.25, -0.2) is 0 Å². The van der Waals surface area contributed by atoms with Crippen molar-refractivity contribution >= 4 is 0 Å². The van der Waals surface area contributed by atoms with E-state index in [4.69, 9.17) is 0 Å². The SMILES string of the molecule is c1ccc(-c2cc3n(c2-c2ccccc2)CCc2ccccc2-3)cc1. The van der Waals surface area contributed by atoms with E-state index in [-0.39, 0.29) is 0 Å². The normalized spacial score (nSPS) is 12.5. The zero-order valence-electron chi connectivity index (χ0n) is 14.0. The second-order valence-electron chi connectivity index (χ2n) is 6.58. The van der Waals surface area contributed by atoms with E-state index in [0.717, 1.165) is 13.0 Å². The first kappa shape index (κ1) is 14.3. The van der Waals surface area contributed by atoms with Crippen LogP contribution in [0.15, 0.2) is 91.0 Å². The number of aromatic nitrogens is 1. The molecule has 0 bridgehead atoms. The Balaban J connectivity index is 1.82. The molecular formula is C24H19N. The Kier molecular flexibility index (Phi) is 3.31. The highest BCUT2D eigenvalue weighted by Crippen LogP contribution is 2.41. The molecule has 0 atom stereocenters. The molecule has 0 saturated carbocycles. The minimum Gasteiger partial charge on any atom is -0.340 e. The van der Waals surface area contributed by atoms with Crippen LogP contribution in [-0.2, 0) is 13.0 Å². The molecule has 0 aliphatic carbocycles. The van der Waals surface area contributed by atoms with Crippen molar-refractivity contribution in [2.45, 2.75) is 13.0 Å². The molecule has 5 rings (SSSR count).